The topological polar surface area (TPSA) is 55.8 Å². The first kappa shape index (κ1) is 16.6. The second-order valence-corrected chi connectivity index (χ2v) is 6.91. The fourth-order valence-corrected chi connectivity index (χ4v) is 3.76. The number of nitrogens with zero attached hydrogens (tertiary/aromatic N) is 1. The van der Waals surface area contributed by atoms with Gasteiger partial charge in [-0.25, -0.2) is 0 Å². The molecule has 0 atom stereocenters. The van der Waals surface area contributed by atoms with Crippen LogP contribution in [-0.2, 0) is 0 Å². The van der Waals surface area contributed by atoms with E-state index in [1.54, 1.807) is 25.3 Å². The van der Waals surface area contributed by atoms with Crippen LogP contribution < -0.4 is 9.47 Å². The lowest BCUT2D eigenvalue weighted by molar-refractivity contribution is -0.00576. The van der Waals surface area contributed by atoms with Crippen molar-refractivity contribution in [3.8, 4) is 11.5 Å². The van der Waals surface area contributed by atoms with Crippen molar-refractivity contribution in [1.82, 2.24) is 4.90 Å². The lowest BCUT2D eigenvalue weighted by Crippen LogP contribution is -2.52. The molecule has 134 valence electrons. The summed E-state index contributed by atoms with van der Waals surface area (Å²) in [5, 5.41) is 0. The Hall–Kier alpha value is -2.82. The second-order valence-electron chi connectivity index (χ2n) is 6.91. The normalized spacial score (nSPS) is 18.2. The molecule has 26 heavy (non-hydrogen) atoms. The van der Waals surface area contributed by atoms with Gasteiger partial charge in [0.25, 0.3) is 5.91 Å². The van der Waals surface area contributed by atoms with Gasteiger partial charge in [0.2, 0.25) is 0 Å². The summed E-state index contributed by atoms with van der Waals surface area (Å²) in [6.07, 6.45) is 1.66. The van der Waals surface area contributed by atoms with E-state index in [1.165, 1.54) is 0 Å². The largest absolute Gasteiger partial charge is 0.497 e. The average Bonchev–Trinajstić information content (AvgIpc) is 2.68. The molecular weight excluding hydrogens is 330 g/mol. The van der Waals surface area contributed by atoms with Crippen molar-refractivity contribution < 1.29 is 19.1 Å². The van der Waals surface area contributed by atoms with Gasteiger partial charge in [-0.1, -0.05) is 18.2 Å². The van der Waals surface area contributed by atoms with Gasteiger partial charge in [-0.3, -0.25) is 9.59 Å². The average molecular weight is 351 g/mol. The molecule has 0 saturated carbocycles. The molecular formula is C21H21NO4. The number of hydrogen-bond acceptors (Lipinski definition) is 4. The standard InChI is InChI=1S/C21H21NO4/c1-25-16-7-8-19-17(13-16)18(23)14-21(26-19)9-11-22(12-10-21)20(24)15-5-3-2-4-6-15/h2-8,13H,9-12,14H2,1H3. The third-order valence-corrected chi connectivity index (χ3v) is 5.28. The van der Waals surface area contributed by atoms with Gasteiger partial charge in [0.05, 0.1) is 19.1 Å². The molecule has 2 aliphatic heterocycles. The molecule has 2 heterocycles. The Morgan fingerprint density at radius 3 is 2.54 bits per heavy atom. The molecule has 2 aromatic carbocycles. The molecule has 0 N–H and O–H groups in total. The van der Waals surface area contributed by atoms with E-state index < -0.39 is 5.60 Å². The number of hydrogen-bond donors (Lipinski definition) is 0. The van der Waals surface area contributed by atoms with Crippen molar-refractivity contribution in [2.75, 3.05) is 20.2 Å². The molecule has 1 fully saturated rings. The lowest BCUT2D eigenvalue weighted by atomic mass is 9.82. The summed E-state index contributed by atoms with van der Waals surface area (Å²) in [4.78, 5) is 27.1. The van der Waals surface area contributed by atoms with Crippen LogP contribution in [0.15, 0.2) is 48.5 Å². The number of amides is 1. The maximum atomic E-state index is 12.6. The molecule has 2 aliphatic rings. The fourth-order valence-electron chi connectivity index (χ4n) is 3.76. The van der Waals surface area contributed by atoms with Gasteiger partial charge >= 0.3 is 0 Å². The van der Waals surface area contributed by atoms with E-state index in [0.29, 0.717) is 55.0 Å². The Morgan fingerprint density at radius 1 is 1.12 bits per heavy atom. The molecule has 1 saturated heterocycles. The summed E-state index contributed by atoms with van der Waals surface area (Å²) in [6.45, 7) is 1.18. The van der Waals surface area contributed by atoms with Crippen molar-refractivity contribution in [2.24, 2.45) is 0 Å². The highest BCUT2D eigenvalue weighted by Crippen LogP contribution is 2.40. The van der Waals surface area contributed by atoms with Crippen LogP contribution in [0.5, 0.6) is 11.5 Å². The lowest BCUT2D eigenvalue weighted by Gasteiger charge is -2.44. The zero-order valence-corrected chi connectivity index (χ0v) is 14.7. The van der Waals surface area contributed by atoms with Crippen LogP contribution in [-0.4, -0.2) is 42.4 Å². The van der Waals surface area contributed by atoms with E-state index in [9.17, 15) is 9.59 Å². The van der Waals surface area contributed by atoms with Crippen LogP contribution in [0.2, 0.25) is 0 Å². The maximum Gasteiger partial charge on any atom is 0.253 e. The minimum atomic E-state index is -0.508. The number of rotatable bonds is 2. The summed E-state index contributed by atoms with van der Waals surface area (Å²) in [5.74, 6) is 1.38. The highest BCUT2D eigenvalue weighted by atomic mass is 16.5. The maximum absolute atomic E-state index is 12.6. The number of carbonyl (C=O) groups is 2. The fraction of sp³-hybridized carbons (Fsp3) is 0.333. The summed E-state index contributed by atoms with van der Waals surface area (Å²) < 4.78 is 11.4. The Morgan fingerprint density at radius 2 is 1.85 bits per heavy atom. The zero-order valence-electron chi connectivity index (χ0n) is 14.7. The van der Waals surface area contributed by atoms with Crippen molar-refractivity contribution in [3.05, 3.63) is 59.7 Å². The van der Waals surface area contributed by atoms with Crippen LogP contribution in [0, 0.1) is 0 Å². The van der Waals surface area contributed by atoms with Crippen molar-refractivity contribution >= 4 is 11.7 Å². The SMILES string of the molecule is COc1ccc2c(c1)C(=O)CC1(CCN(C(=O)c3ccccc3)CC1)O2. The predicted molar refractivity (Wildman–Crippen MR) is 96.9 cm³/mol. The molecule has 0 bridgehead atoms. The van der Waals surface area contributed by atoms with E-state index in [2.05, 4.69) is 0 Å². The van der Waals surface area contributed by atoms with Crippen LogP contribution in [0.4, 0.5) is 0 Å². The predicted octanol–water partition coefficient (Wildman–Crippen LogP) is 3.34. The molecule has 0 aromatic heterocycles. The van der Waals surface area contributed by atoms with Crippen LogP contribution in [0.25, 0.3) is 0 Å². The Bertz CT molecular complexity index is 838. The second kappa shape index (κ2) is 6.48. The summed E-state index contributed by atoms with van der Waals surface area (Å²) >= 11 is 0. The minimum Gasteiger partial charge on any atom is -0.497 e. The first-order valence-electron chi connectivity index (χ1n) is 8.85. The van der Waals surface area contributed by atoms with E-state index in [-0.39, 0.29) is 11.7 Å². The van der Waals surface area contributed by atoms with E-state index >= 15 is 0 Å². The van der Waals surface area contributed by atoms with Crippen molar-refractivity contribution in [3.63, 3.8) is 0 Å². The summed E-state index contributed by atoms with van der Waals surface area (Å²) in [7, 11) is 1.58. The molecule has 4 rings (SSSR count). The quantitative estimate of drug-likeness (QED) is 0.833. The smallest absolute Gasteiger partial charge is 0.253 e. The molecule has 1 spiro atoms. The number of benzene rings is 2. The van der Waals surface area contributed by atoms with Crippen LogP contribution in [0.1, 0.15) is 40.0 Å². The molecule has 2 aromatic rings. The molecule has 0 unspecified atom stereocenters. The first-order chi connectivity index (χ1) is 12.6. The number of ether oxygens (including phenoxy) is 2. The highest BCUT2D eigenvalue weighted by molar-refractivity contribution is 6.01. The van der Waals surface area contributed by atoms with E-state index in [0.717, 1.165) is 0 Å². The molecule has 5 nitrogen and oxygen atoms in total. The molecule has 0 aliphatic carbocycles. The van der Waals surface area contributed by atoms with E-state index in [1.807, 2.05) is 35.2 Å². The number of ketones is 1. The number of carbonyl (C=O) groups excluding carboxylic acids is 2. The third-order valence-electron chi connectivity index (χ3n) is 5.28. The van der Waals surface area contributed by atoms with E-state index in [4.69, 9.17) is 9.47 Å². The van der Waals surface area contributed by atoms with Gasteiger partial charge in [0, 0.05) is 31.5 Å². The van der Waals surface area contributed by atoms with Crippen LogP contribution >= 0.6 is 0 Å². The van der Waals surface area contributed by atoms with Gasteiger partial charge in [-0.2, -0.15) is 0 Å². The molecule has 5 heteroatoms. The number of likely N-dealkylation sites (tertiary alicyclic amines) is 1. The zero-order chi connectivity index (χ0) is 18.1. The van der Waals surface area contributed by atoms with Gasteiger partial charge in [0.1, 0.15) is 17.1 Å². The number of piperidine rings is 1. The Balaban J connectivity index is 1.49. The van der Waals surface area contributed by atoms with Crippen molar-refractivity contribution in [2.45, 2.75) is 24.9 Å². The first-order valence-corrected chi connectivity index (χ1v) is 8.85. The Kier molecular flexibility index (Phi) is 4.15. The Labute approximate surface area is 152 Å². The van der Waals surface area contributed by atoms with Gasteiger partial charge in [-0.05, 0) is 30.3 Å². The number of fused-ring (bicyclic) bond motifs is 1. The van der Waals surface area contributed by atoms with Crippen LogP contribution in [0.3, 0.4) is 0 Å². The van der Waals surface area contributed by atoms with Gasteiger partial charge in [-0.15, -0.1) is 0 Å². The minimum absolute atomic E-state index is 0.0349. The van der Waals surface area contributed by atoms with Gasteiger partial charge in [0.15, 0.2) is 5.78 Å². The third kappa shape index (κ3) is 2.94. The molecule has 0 radical (unpaired) electrons. The van der Waals surface area contributed by atoms with Crippen molar-refractivity contribution in [1.29, 1.82) is 0 Å². The van der Waals surface area contributed by atoms with Gasteiger partial charge < -0.3 is 14.4 Å². The number of methoxy groups -OCH3 is 1. The summed E-state index contributed by atoms with van der Waals surface area (Å²) in [5.41, 5.74) is 0.769. The summed E-state index contributed by atoms with van der Waals surface area (Å²) in [6, 6.07) is 14.6. The molecule has 1 amide bonds. The highest BCUT2D eigenvalue weighted by Gasteiger charge is 2.43. The number of Topliss-reactive ketones (excluding diaryl/α,β-unsaturated/α-hetero) is 1. The monoisotopic (exact) mass is 351 g/mol.